The Labute approximate surface area is 198 Å². The second-order valence-electron chi connectivity index (χ2n) is 8.07. The third-order valence-corrected chi connectivity index (χ3v) is 6.14. The number of H-pyrrole nitrogens is 1. The molecule has 34 heavy (non-hydrogen) atoms. The standard InChI is InChI=1S/C28H28N2O4/c1-6-29-27(31)24-22(18-12-8-7-11-16(18)2)17(3)23(25(26(24)33-4)28(32)34-5)20-15-30-21-14-10-9-13-19(20)21/h7-15,30H,6H2,1-5H3,(H,29,31). The third kappa shape index (κ3) is 3.71. The fraction of sp³-hybridized carbons (Fsp3) is 0.214. The second-order valence-corrected chi connectivity index (χ2v) is 8.07. The number of para-hydroxylation sites is 1. The largest absolute Gasteiger partial charge is 0.495 e. The number of nitrogens with one attached hydrogen (secondary N) is 2. The zero-order chi connectivity index (χ0) is 24.4. The van der Waals surface area contributed by atoms with E-state index in [0.29, 0.717) is 17.7 Å². The van der Waals surface area contributed by atoms with Gasteiger partial charge in [0, 0.05) is 40.3 Å². The van der Waals surface area contributed by atoms with Crippen molar-refractivity contribution in [2.24, 2.45) is 0 Å². The van der Waals surface area contributed by atoms with Crippen LogP contribution in [0.1, 0.15) is 38.8 Å². The molecular weight excluding hydrogens is 428 g/mol. The highest BCUT2D eigenvalue weighted by Crippen LogP contribution is 2.46. The van der Waals surface area contributed by atoms with Gasteiger partial charge in [-0.2, -0.15) is 0 Å². The minimum Gasteiger partial charge on any atom is -0.495 e. The van der Waals surface area contributed by atoms with Crippen molar-refractivity contribution in [3.8, 4) is 28.0 Å². The quantitative estimate of drug-likeness (QED) is 0.367. The highest BCUT2D eigenvalue weighted by molar-refractivity contribution is 6.14. The Bertz CT molecular complexity index is 1400. The topological polar surface area (TPSA) is 80.4 Å². The van der Waals surface area contributed by atoms with Gasteiger partial charge in [-0.15, -0.1) is 0 Å². The molecule has 0 fully saturated rings. The first-order valence-corrected chi connectivity index (χ1v) is 11.2. The van der Waals surface area contributed by atoms with Crippen LogP contribution < -0.4 is 10.1 Å². The van der Waals surface area contributed by atoms with Crippen LogP contribution in [0, 0.1) is 13.8 Å². The zero-order valence-corrected chi connectivity index (χ0v) is 20.0. The van der Waals surface area contributed by atoms with E-state index in [9.17, 15) is 9.59 Å². The van der Waals surface area contributed by atoms with Gasteiger partial charge in [-0.3, -0.25) is 4.79 Å². The fourth-order valence-corrected chi connectivity index (χ4v) is 4.62. The minimum absolute atomic E-state index is 0.196. The number of hydrogen-bond acceptors (Lipinski definition) is 4. The molecule has 4 rings (SSSR count). The first-order chi connectivity index (χ1) is 16.4. The van der Waals surface area contributed by atoms with Gasteiger partial charge in [-0.05, 0) is 43.5 Å². The summed E-state index contributed by atoms with van der Waals surface area (Å²) in [6, 6.07) is 15.8. The number of carbonyl (C=O) groups excluding carboxylic acids is 2. The summed E-state index contributed by atoms with van der Waals surface area (Å²) in [6.45, 7) is 6.23. The Morgan fingerprint density at radius 3 is 2.26 bits per heavy atom. The van der Waals surface area contributed by atoms with E-state index in [4.69, 9.17) is 9.47 Å². The summed E-state index contributed by atoms with van der Waals surface area (Å²) in [7, 11) is 2.80. The molecule has 6 heteroatoms. The van der Waals surface area contributed by atoms with E-state index in [1.54, 1.807) is 0 Å². The fourth-order valence-electron chi connectivity index (χ4n) is 4.62. The number of hydrogen-bond donors (Lipinski definition) is 2. The Hall–Kier alpha value is -4.06. The van der Waals surface area contributed by atoms with Gasteiger partial charge in [-0.1, -0.05) is 42.5 Å². The first kappa shape index (κ1) is 23.1. The van der Waals surface area contributed by atoms with Crippen LogP contribution in [0.5, 0.6) is 5.75 Å². The van der Waals surface area contributed by atoms with E-state index in [2.05, 4.69) is 10.3 Å². The highest BCUT2D eigenvalue weighted by atomic mass is 16.5. The molecule has 174 valence electrons. The lowest BCUT2D eigenvalue weighted by Crippen LogP contribution is -2.26. The van der Waals surface area contributed by atoms with Crippen molar-refractivity contribution in [3.63, 3.8) is 0 Å². The lowest BCUT2D eigenvalue weighted by molar-refractivity contribution is 0.0598. The molecule has 0 saturated carbocycles. The average Bonchev–Trinajstić information content (AvgIpc) is 3.27. The van der Waals surface area contributed by atoms with Crippen LogP contribution in [-0.2, 0) is 4.74 Å². The molecule has 4 aromatic rings. The van der Waals surface area contributed by atoms with Crippen LogP contribution in [0.2, 0.25) is 0 Å². The van der Waals surface area contributed by atoms with E-state index in [1.165, 1.54) is 14.2 Å². The van der Waals surface area contributed by atoms with E-state index >= 15 is 0 Å². The Kier molecular flexibility index (Phi) is 6.41. The van der Waals surface area contributed by atoms with Gasteiger partial charge in [0.1, 0.15) is 11.3 Å². The number of carbonyl (C=O) groups is 2. The van der Waals surface area contributed by atoms with E-state index in [0.717, 1.165) is 38.7 Å². The molecule has 0 atom stereocenters. The molecule has 0 radical (unpaired) electrons. The number of methoxy groups -OCH3 is 2. The van der Waals surface area contributed by atoms with Crippen LogP contribution in [-0.4, -0.2) is 37.6 Å². The van der Waals surface area contributed by atoms with Gasteiger partial charge in [0.05, 0.1) is 19.8 Å². The number of aromatic amines is 1. The van der Waals surface area contributed by atoms with Gasteiger partial charge in [0.2, 0.25) is 0 Å². The first-order valence-electron chi connectivity index (χ1n) is 11.2. The number of benzene rings is 3. The van der Waals surface area contributed by atoms with Gasteiger partial charge in [-0.25, -0.2) is 4.79 Å². The van der Waals surface area contributed by atoms with Gasteiger partial charge in [0.25, 0.3) is 5.91 Å². The van der Waals surface area contributed by atoms with Crippen molar-refractivity contribution in [3.05, 3.63) is 77.0 Å². The molecule has 1 heterocycles. The van der Waals surface area contributed by atoms with Crippen LogP contribution in [0.25, 0.3) is 33.2 Å². The maximum absolute atomic E-state index is 13.4. The van der Waals surface area contributed by atoms with Crippen LogP contribution in [0.15, 0.2) is 54.7 Å². The Balaban J connectivity index is 2.24. The summed E-state index contributed by atoms with van der Waals surface area (Å²) in [5.74, 6) is -0.680. The van der Waals surface area contributed by atoms with E-state index < -0.39 is 5.97 Å². The highest BCUT2D eigenvalue weighted by Gasteiger charge is 2.32. The second kappa shape index (κ2) is 9.43. The monoisotopic (exact) mass is 456 g/mol. The molecule has 2 N–H and O–H groups in total. The van der Waals surface area contributed by atoms with E-state index in [1.807, 2.05) is 75.5 Å². The molecule has 6 nitrogen and oxygen atoms in total. The van der Waals surface area contributed by atoms with Crippen LogP contribution in [0.4, 0.5) is 0 Å². The number of aryl methyl sites for hydroxylation is 1. The molecule has 1 amide bonds. The summed E-state index contributed by atoms with van der Waals surface area (Å²) >= 11 is 0. The molecular formula is C28H28N2O4. The lowest BCUT2D eigenvalue weighted by Gasteiger charge is -2.24. The van der Waals surface area contributed by atoms with Crippen LogP contribution in [0.3, 0.4) is 0 Å². The van der Waals surface area contributed by atoms with Gasteiger partial charge < -0.3 is 19.8 Å². The summed E-state index contributed by atoms with van der Waals surface area (Å²) in [6.07, 6.45) is 1.88. The van der Waals surface area contributed by atoms with Crippen LogP contribution >= 0.6 is 0 Å². The molecule has 0 aliphatic carbocycles. The predicted octanol–water partition coefficient (Wildman–Crippen LogP) is 5.66. The molecule has 0 aliphatic heterocycles. The zero-order valence-electron chi connectivity index (χ0n) is 20.0. The molecule has 0 aliphatic rings. The Morgan fingerprint density at radius 1 is 0.912 bits per heavy atom. The molecule has 3 aromatic carbocycles. The summed E-state index contributed by atoms with van der Waals surface area (Å²) < 4.78 is 11.0. The van der Waals surface area contributed by atoms with Crippen molar-refractivity contribution in [1.29, 1.82) is 0 Å². The molecule has 0 spiro atoms. The van der Waals surface area contributed by atoms with Crippen molar-refractivity contribution in [1.82, 2.24) is 10.3 Å². The maximum Gasteiger partial charge on any atom is 0.342 e. The van der Waals surface area contributed by atoms with Crippen molar-refractivity contribution < 1.29 is 19.1 Å². The number of rotatable bonds is 6. The number of aromatic nitrogens is 1. The molecule has 1 aromatic heterocycles. The van der Waals surface area contributed by atoms with Gasteiger partial charge >= 0.3 is 5.97 Å². The number of fused-ring (bicyclic) bond motifs is 1. The van der Waals surface area contributed by atoms with Gasteiger partial charge in [0.15, 0.2) is 0 Å². The SMILES string of the molecule is CCNC(=O)c1c(OC)c(C(=O)OC)c(-c2c[nH]c3ccccc23)c(C)c1-c1ccccc1C. The predicted molar refractivity (Wildman–Crippen MR) is 135 cm³/mol. The molecule has 0 bridgehead atoms. The average molecular weight is 457 g/mol. The van der Waals surface area contributed by atoms with Crippen molar-refractivity contribution in [2.75, 3.05) is 20.8 Å². The van der Waals surface area contributed by atoms with Crippen molar-refractivity contribution >= 4 is 22.8 Å². The normalized spacial score (nSPS) is 10.9. The third-order valence-electron chi connectivity index (χ3n) is 6.14. The molecule has 0 unspecified atom stereocenters. The molecule has 0 saturated heterocycles. The lowest BCUT2D eigenvalue weighted by atomic mass is 9.83. The smallest absolute Gasteiger partial charge is 0.342 e. The van der Waals surface area contributed by atoms with E-state index in [-0.39, 0.29) is 17.2 Å². The minimum atomic E-state index is -0.567. The maximum atomic E-state index is 13.4. The summed E-state index contributed by atoms with van der Waals surface area (Å²) in [5, 5.41) is 3.84. The van der Waals surface area contributed by atoms with Crippen molar-refractivity contribution in [2.45, 2.75) is 20.8 Å². The summed E-state index contributed by atoms with van der Waals surface area (Å²) in [4.78, 5) is 29.9. The number of ether oxygens (including phenoxy) is 2. The Morgan fingerprint density at radius 2 is 1.59 bits per heavy atom. The summed E-state index contributed by atoms with van der Waals surface area (Å²) in [5.41, 5.74) is 6.43. The number of amides is 1. The number of esters is 1.